The summed E-state index contributed by atoms with van der Waals surface area (Å²) in [5.41, 5.74) is 0.952. The summed E-state index contributed by atoms with van der Waals surface area (Å²) >= 11 is 0. The smallest absolute Gasteiger partial charge is 0.282 e. The molecule has 0 aromatic heterocycles. The molecule has 1 atom stereocenters. The van der Waals surface area contributed by atoms with E-state index in [0.717, 1.165) is 18.4 Å². The SMILES string of the molecule is CN(Cc1ccccc1)S(=O)(=O)N1CCC[C@H]1CO. The van der Waals surface area contributed by atoms with Gasteiger partial charge in [-0.1, -0.05) is 30.3 Å². The molecule has 5 nitrogen and oxygen atoms in total. The zero-order valence-corrected chi connectivity index (χ0v) is 11.9. The van der Waals surface area contributed by atoms with E-state index < -0.39 is 10.2 Å². The summed E-state index contributed by atoms with van der Waals surface area (Å²) in [6, 6.07) is 9.21. The molecular weight excluding hydrogens is 264 g/mol. The van der Waals surface area contributed by atoms with Crippen LogP contribution in [0.5, 0.6) is 0 Å². The van der Waals surface area contributed by atoms with Crippen molar-refractivity contribution in [2.24, 2.45) is 0 Å². The third kappa shape index (κ3) is 3.14. The largest absolute Gasteiger partial charge is 0.395 e. The number of hydrogen-bond acceptors (Lipinski definition) is 3. The maximum atomic E-state index is 12.4. The molecule has 1 aromatic rings. The molecule has 19 heavy (non-hydrogen) atoms. The van der Waals surface area contributed by atoms with Gasteiger partial charge in [-0.3, -0.25) is 0 Å². The zero-order valence-electron chi connectivity index (χ0n) is 11.1. The molecule has 1 aliphatic heterocycles. The normalized spacial score (nSPS) is 21.1. The van der Waals surface area contributed by atoms with Crippen LogP contribution in [0.25, 0.3) is 0 Å². The molecule has 2 rings (SSSR count). The van der Waals surface area contributed by atoms with Crippen LogP contribution in [0.3, 0.4) is 0 Å². The molecule has 106 valence electrons. The number of rotatable bonds is 5. The number of nitrogens with zero attached hydrogens (tertiary/aromatic N) is 2. The lowest BCUT2D eigenvalue weighted by Crippen LogP contribution is -2.45. The van der Waals surface area contributed by atoms with E-state index in [-0.39, 0.29) is 12.6 Å². The molecule has 0 saturated carbocycles. The molecule has 0 amide bonds. The standard InChI is InChI=1S/C13H20N2O3S/c1-14(10-12-6-3-2-4-7-12)19(17,18)15-9-5-8-13(15)11-16/h2-4,6-7,13,16H,5,8-11H2,1H3/t13-/m0/s1. The minimum absolute atomic E-state index is 0.113. The number of hydrogen-bond donors (Lipinski definition) is 1. The summed E-state index contributed by atoms with van der Waals surface area (Å²) in [5, 5.41) is 9.25. The minimum atomic E-state index is -3.49. The van der Waals surface area contributed by atoms with Crippen molar-refractivity contribution in [2.75, 3.05) is 20.2 Å². The highest BCUT2D eigenvalue weighted by Gasteiger charge is 2.36. The van der Waals surface area contributed by atoms with Crippen molar-refractivity contribution in [1.29, 1.82) is 0 Å². The summed E-state index contributed by atoms with van der Waals surface area (Å²) in [7, 11) is -1.91. The predicted octanol–water partition coefficient (Wildman–Crippen LogP) is 0.820. The van der Waals surface area contributed by atoms with E-state index >= 15 is 0 Å². The molecule has 1 aromatic carbocycles. The van der Waals surface area contributed by atoms with Gasteiger partial charge in [0.15, 0.2) is 0 Å². The Kier molecular flexibility index (Phi) is 4.57. The van der Waals surface area contributed by atoms with Crippen molar-refractivity contribution in [3.63, 3.8) is 0 Å². The Balaban J connectivity index is 2.11. The van der Waals surface area contributed by atoms with Crippen LogP contribution < -0.4 is 0 Å². The Hall–Kier alpha value is -0.950. The van der Waals surface area contributed by atoms with Crippen molar-refractivity contribution < 1.29 is 13.5 Å². The summed E-state index contributed by atoms with van der Waals surface area (Å²) in [6.45, 7) is 0.725. The van der Waals surface area contributed by atoms with Crippen LogP contribution in [0, 0.1) is 0 Å². The summed E-state index contributed by atoms with van der Waals surface area (Å²) in [5.74, 6) is 0. The Morgan fingerprint density at radius 1 is 1.37 bits per heavy atom. The molecular formula is C13H20N2O3S. The number of aliphatic hydroxyl groups is 1. The fourth-order valence-electron chi connectivity index (χ4n) is 2.40. The van der Waals surface area contributed by atoms with E-state index in [1.54, 1.807) is 7.05 Å². The lowest BCUT2D eigenvalue weighted by atomic mass is 10.2. The first kappa shape index (κ1) is 14.5. The van der Waals surface area contributed by atoms with Gasteiger partial charge in [0.25, 0.3) is 10.2 Å². The van der Waals surface area contributed by atoms with Crippen LogP contribution >= 0.6 is 0 Å². The Labute approximate surface area is 114 Å². The molecule has 0 bridgehead atoms. The summed E-state index contributed by atoms with van der Waals surface area (Å²) in [4.78, 5) is 0. The van der Waals surface area contributed by atoms with E-state index in [1.807, 2.05) is 30.3 Å². The van der Waals surface area contributed by atoms with Crippen LogP contribution in [0.4, 0.5) is 0 Å². The molecule has 1 saturated heterocycles. The van der Waals surface area contributed by atoms with Gasteiger partial charge in [0.05, 0.1) is 6.61 Å². The van der Waals surface area contributed by atoms with Gasteiger partial charge < -0.3 is 5.11 Å². The third-order valence-electron chi connectivity index (χ3n) is 3.47. The fraction of sp³-hybridized carbons (Fsp3) is 0.538. The first-order valence-electron chi connectivity index (χ1n) is 6.43. The van der Waals surface area contributed by atoms with Crippen LogP contribution in [-0.2, 0) is 16.8 Å². The van der Waals surface area contributed by atoms with E-state index in [4.69, 9.17) is 0 Å². The van der Waals surface area contributed by atoms with Gasteiger partial charge in [-0.15, -0.1) is 0 Å². The first-order valence-corrected chi connectivity index (χ1v) is 7.83. The van der Waals surface area contributed by atoms with Crippen LogP contribution in [0.2, 0.25) is 0 Å². The molecule has 0 aliphatic carbocycles. The second-order valence-corrected chi connectivity index (χ2v) is 6.83. The van der Waals surface area contributed by atoms with Crippen molar-refractivity contribution in [2.45, 2.75) is 25.4 Å². The lowest BCUT2D eigenvalue weighted by molar-refractivity contribution is 0.207. The van der Waals surface area contributed by atoms with Crippen molar-refractivity contribution >= 4 is 10.2 Å². The van der Waals surface area contributed by atoms with Gasteiger partial charge in [0.2, 0.25) is 0 Å². The third-order valence-corrected chi connectivity index (χ3v) is 5.46. The van der Waals surface area contributed by atoms with E-state index in [2.05, 4.69) is 0 Å². The Bertz CT molecular complexity index is 504. The highest BCUT2D eigenvalue weighted by molar-refractivity contribution is 7.86. The highest BCUT2D eigenvalue weighted by Crippen LogP contribution is 2.23. The number of aliphatic hydroxyl groups excluding tert-OH is 1. The molecule has 6 heteroatoms. The Morgan fingerprint density at radius 2 is 2.05 bits per heavy atom. The highest BCUT2D eigenvalue weighted by atomic mass is 32.2. The van der Waals surface area contributed by atoms with E-state index in [9.17, 15) is 13.5 Å². The molecule has 1 N–H and O–H groups in total. The monoisotopic (exact) mass is 284 g/mol. The van der Waals surface area contributed by atoms with Gasteiger partial charge in [-0.05, 0) is 18.4 Å². The van der Waals surface area contributed by atoms with Gasteiger partial charge in [-0.2, -0.15) is 17.0 Å². The number of benzene rings is 1. The second-order valence-electron chi connectivity index (χ2n) is 4.84. The zero-order chi connectivity index (χ0) is 13.9. The predicted molar refractivity (Wildman–Crippen MR) is 73.6 cm³/mol. The lowest BCUT2D eigenvalue weighted by Gasteiger charge is -2.27. The summed E-state index contributed by atoms with van der Waals surface area (Å²) in [6.07, 6.45) is 1.54. The average molecular weight is 284 g/mol. The maximum absolute atomic E-state index is 12.4. The fourth-order valence-corrected chi connectivity index (χ4v) is 3.98. The maximum Gasteiger partial charge on any atom is 0.282 e. The van der Waals surface area contributed by atoms with Crippen molar-refractivity contribution in [3.8, 4) is 0 Å². The van der Waals surface area contributed by atoms with E-state index in [0.29, 0.717) is 13.1 Å². The van der Waals surface area contributed by atoms with Gasteiger partial charge in [0.1, 0.15) is 0 Å². The molecule has 1 heterocycles. The topological polar surface area (TPSA) is 60.9 Å². The van der Waals surface area contributed by atoms with E-state index in [1.165, 1.54) is 8.61 Å². The van der Waals surface area contributed by atoms with Gasteiger partial charge >= 0.3 is 0 Å². The van der Waals surface area contributed by atoms with Gasteiger partial charge in [-0.25, -0.2) is 0 Å². The quantitative estimate of drug-likeness (QED) is 0.871. The molecule has 0 unspecified atom stereocenters. The molecule has 1 aliphatic rings. The average Bonchev–Trinajstić information content (AvgIpc) is 2.88. The molecule has 0 spiro atoms. The van der Waals surface area contributed by atoms with Crippen LogP contribution in [-0.4, -0.2) is 48.4 Å². The first-order chi connectivity index (χ1) is 9.05. The Morgan fingerprint density at radius 3 is 2.68 bits per heavy atom. The molecule has 1 fully saturated rings. The minimum Gasteiger partial charge on any atom is -0.395 e. The van der Waals surface area contributed by atoms with Crippen LogP contribution in [0.1, 0.15) is 18.4 Å². The van der Waals surface area contributed by atoms with Crippen molar-refractivity contribution in [1.82, 2.24) is 8.61 Å². The summed E-state index contributed by atoms with van der Waals surface area (Å²) < 4.78 is 27.7. The van der Waals surface area contributed by atoms with Gasteiger partial charge in [0, 0.05) is 26.2 Å². The molecule has 0 radical (unpaired) electrons. The second kappa shape index (κ2) is 6.00. The van der Waals surface area contributed by atoms with Crippen LogP contribution in [0.15, 0.2) is 30.3 Å². The van der Waals surface area contributed by atoms with Crippen molar-refractivity contribution in [3.05, 3.63) is 35.9 Å².